The Morgan fingerprint density at radius 2 is 1.85 bits per heavy atom. The van der Waals surface area contributed by atoms with Gasteiger partial charge in [0.2, 0.25) is 5.88 Å². The van der Waals surface area contributed by atoms with Crippen LogP contribution in [0.5, 0.6) is 11.6 Å². The number of benzene rings is 1. The first-order valence-corrected chi connectivity index (χ1v) is 6.90. The van der Waals surface area contributed by atoms with Crippen LogP contribution < -0.4 is 4.74 Å². The SMILES string of the molecule is Cc1cc(Oc2ccc([C@H](C)O)cn2)ccc1C(C)C. The summed E-state index contributed by atoms with van der Waals surface area (Å²) in [6, 6.07) is 9.68. The van der Waals surface area contributed by atoms with Crippen molar-refractivity contribution in [3.63, 3.8) is 0 Å². The van der Waals surface area contributed by atoms with Crippen molar-refractivity contribution < 1.29 is 9.84 Å². The van der Waals surface area contributed by atoms with E-state index in [0.717, 1.165) is 11.3 Å². The highest BCUT2D eigenvalue weighted by atomic mass is 16.5. The summed E-state index contributed by atoms with van der Waals surface area (Å²) in [4.78, 5) is 4.20. The Kier molecular flexibility index (Phi) is 4.40. The first-order chi connectivity index (χ1) is 9.47. The van der Waals surface area contributed by atoms with Crippen LogP contribution in [0.15, 0.2) is 36.5 Å². The van der Waals surface area contributed by atoms with Crippen LogP contribution in [0.3, 0.4) is 0 Å². The quantitative estimate of drug-likeness (QED) is 0.898. The molecule has 3 heteroatoms. The Morgan fingerprint density at radius 3 is 2.35 bits per heavy atom. The second-order valence-electron chi connectivity index (χ2n) is 5.38. The van der Waals surface area contributed by atoms with E-state index in [-0.39, 0.29) is 0 Å². The molecule has 0 amide bonds. The smallest absolute Gasteiger partial charge is 0.219 e. The number of aryl methyl sites for hydroxylation is 1. The minimum atomic E-state index is -0.510. The number of aliphatic hydroxyl groups is 1. The van der Waals surface area contributed by atoms with Gasteiger partial charge in [-0.3, -0.25) is 0 Å². The van der Waals surface area contributed by atoms with Crippen LogP contribution in [0.2, 0.25) is 0 Å². The van der Waals surface area contributed by atoms with Gasteiger partial charge in [0.1, 0.15) is 5.75 Å². The van der Waals surface area contributed by atoms with Crippen molar-refractivity contribution in [3.05, 3.63) is 53.2 Å². The molecule has 0 aliphatic carbocycles. The maximum Gasteiger partial charge on any atom is 0.219 e. The molecular weight excluding hydrogens is 250 g/mol. The molecule has 1 N–H and O–H groups in total. The van der Waals surface area contributed by atoms with Gasteiger partial charge in [-0.25, -0.2) is 4.98 Å². The normalized spacial score (nSPS) is 12.5. The van der Waals surface area contributed by atoms with Crippen molar-refractivity contribution >= 4 is 0 Å². The second-order valence-corrected chi connectivity index (χ2v) is 5.38. The molecule has 1 aromatic heterocycles. The Bertz CT molecular complexity index is 574. The number of nitrogens with zero attached hydrogens (tertiary/aromatic N) is 1. The van der Waals surface area contributed by atoms with E-state index in [0.29, 0.717) is 11.8 Å². The lowest BCUT2D eigenvalue weighted by Gasteiger charge is -2.12. The van der Waals surface area contributed by atoms with Crippen molar-refractivity contribution in [2.75, 3.05) is 0 Å². The molecule has 2 aromatic rings. The van der Waals surface area contributed by atoms with Crippen LogP contribution in [-0.4, -0.2) is 10.1 Å². The summed E-state index contributed by atoms with van der Waals surface area (Å²) in [5.41, 5.74) is 3.33. The number of aliphatic hydroxyl groups excluding tert-OH is 1. The number of pyridine rings is 1. The van der Waals surface area contributed by atoms with E-state index in [2.05, 4.69) is 31.8 Å². The van der Waals surface area contributed by atoms with E-state index in [4.69, 9.17) is 4.74 Å². The van der Waals surface area contributed by atoms with Gasteiger partial charge in [0.15, 0.2) is 0 Å². The zero-order valence-electron chi connectivity index (χ0n) is 12.4. The fourth-order valence-corrected chi connectivity index (χ4v) is 2.18. The van der Waals surface area contributed by atoms with Crippen LogP contribution in [0.25, 0.3) is 0 Å². The average Bonchev–Trinajstić information content (AvgIpc) is 2.39. The first kappa shape index (κ1) is 14.5. The molecule has 0 radical (unpaired) electrons. The molecule has 1 atom stereocenters. The lowest BCUT2D eigenvalue weighted by atomic mass is 9.98. The molecule has 0 unspecified atom stereocenters. The highest BCUT2D eigenvalue weighted by Gasteiger charge is 2.06. The number of hydrogen-bond acceptors (Lipinski definition) is 3. The Labute approximate surface area is 120 Å². The zero-order valence-corrected chi connectivity index (χ0v) is 12.4. The highest BCUT2D eigenvalue weighted by Crippen LogP contribution is 2.26. The van der Waals surface area contributed by atoms with Crippen LogP contribution >= 0.6 is 0 Å². The molecule has 0 aliphatic heterocycles. The molecule has 3 nitrogen and oxygen atoms in total. The third-order valence-electron chi connectivity index (χ3n) is 3.33. The number of rotatable bonds is 4. The average molecular weight is 271 g/mol. The number of hydrogen-bond donors (Lipinski definition) is 1. The Balaban J connectivity index is 2.15. The molecule has 1 aromatic carbocycles. The Morgan fingerprint density at radius 1 is 1.10 bits per heavy atom. The van der Waals surface area contributed by atoms with Crippen LogP contribution in [0, 0.1) is 6.92 Å². The monoisotopic (exact) mass is 271 g/mol. The lowest BCUT2D eigenvalue weighted by Crippen LogP contribution is -1.95. The van der Waals surface area contributed by atoms with E-state index in [1.165, 1.54) is 11.1 Å². The van der Waals surface area contributed by atoms with E-state index in [1.54, 1.807) is 19.2 Å². The molecule has 0 saturated heterocycles. The summed E-state index contributed by atoms with van der Waals surface area (Å²) in [5.74, 6) is 1.82. The van der Waals surface area contributed by atoms with E-state index >= 15 is 0 Å². The molecule has 1 heterocycles. The van der Waals surface area contributed by atoms with Gasteiger partial charge >= 0.3 is 0 Å². The minimum Gasteiger partial charge on any atom is -0.439 e. The molecule has 0 saturated carbocycles. The van der Waals surface area contributed by atoms with Gasteiger partial charge < -0.3 is 9.84 Å². The van der Waals surface area contributed by atoms with Crippen molar-refractivity contribution in [3.8, 4) is 11.6 Å². The van der Waals surface area contributed by atoms with Crippen molar-refractivity contribution in [1.29, 1.82) is 0 Å². The van der Waals surface area contributed by atoms with Crippen molar-refractivity contribution in [2.24, 2.45) is 0 Å². The molecule has 20 heavy (non-hydrogen) atoms. The lowest BCUT2D eigenvalue weighted by molar-refractivity contribution is 0.198. The van der Waals surface area contributed by atoms with Crippen molar-refractivity contribution in [1.82, 2.24) is 4.98 Å². The molecule has 0 spiro atoms. The molecule has 0 aliphatic rings. The highest BCUT2D eigenvalue weighted by molar-refractivity contribution is 5.38. The summed E-state index contributed by atoms with van der Waals surface area (Å²) in [7, 11) is 0. The fourth-order valence-electron chi connectivity index (χ4n) is 2.18. The third-order valence-corrected chi connectivity index (χ3v) is 3.33. The largest absolute Gasteiger partial charge is 0.439 e. The summed E-state index contributed by atoms with van der Waals surface area (Å²) in [5, 5.41) is 9.44. The van der Waals surface area contributed by atoms with Crippen LogP contribution in [-0.2, 0) is 0 Å². The predicted molar refractivity (Wildman–Crippen MR) is 80.2 cm³/mol. The summed E-state index contributed by atoms with van der Waals surface area (Å²) >= 11 is 0. The minimum absolute atomic E-state index is 0.507. The van der Waals surface area contributed by atoms with Gasteiger partial charge in [-0.05, 0) is 54.7 Å². The Hall–Kier alpha value is -1.87. The molecule has 0 bridgehead atoms. The first-order valence-electron chi connectivity index (χ1n) is 6.90. The van der Waals surface area contributed by atoms with Crippen molar-refractivity contribution in [2.45, 2.75) is 39.7 Å². The van der Waals surface area contributed by atoms with E-state index in [1.807, 2.05) is 18.2 Å². The van der Waals surface area contributed by atoms with Gasteiger partial charge in [0.25, 0.3) is 0 Å². The van der Waals surface area contributed by atoms with Gasteiger partial charge in [0, 0.05) is 12.3 Å². The maximum absolute atomic E-state index is 9.44. The molecule has 0 fully saturated rings. The molecular formula is C17H21NO2. The summed E-state index contributed by atoms with van der Waals surface area (Å²) in [6.07, 6.45) is 1.12. The zero-order chi connectivity index (χ0) is 14.7. The van der Waals surface area contributed by atoms with Gasteiger partial charge in [-0.2, -0.15) is 0 Å². The van der Waals surface area contributed by atoms with Gasteiger partial charge in [-0.1, -0.05) is 19.9 Å². The predicted octanol–water partition coefficient (Wildman–Crippen LogP) is 4.36. The van der Waals surface area contributed by atoms with Crippen LogP contribution in [0.1, 0.15) is 49.5 Å². The summed E-state index contributed by atoms with van der Waals surface area (Å²) in [6.45, 7) is 8.16. The number of ether oxygens (including phenoxy) is 1. The maximum atomic E-state index is 9.44. The molecule has 106 valence electrons. The summed E-state index contributed by atoms with van der Waals surface area (Å²) < 4.78 is 5.74. The molecule has 2 rings (SSSR count). The van der Waals surface area contributed by atoms with E-state index in [9.17, 15) is 5.11 Å². The third kappa shape index (κ3) is 3.36. The number of aromatic nitrogens is 1. The van der Waals surface area contributed by atoms with Crippen LogP contribution in [0.4, 0.5) is 0 Å². The topological polar surface area (TPSA) is 42.4 Å². The standard InChI is InChI=1S/C17H21NO2/c1-11(2)16-7-6-15(9-12(16)3)20-17-8-5-14(10-18-17)13(4)19/h5-11,13,19H,1-4H3/t13-/m0/s1. The van der Waals surface area contributed by atoms with Gasteiger partial charge in [-0.15, -0.1) is 0 Å². The van der Waals surface area contributed by atoms with Gasteiger partial charge in [0.05, 0.1) is 6.10 Å². The second kappa shape index (κ2) is 6.06. The van der Waals surface area contributed by atoms with E-state index < -0.39 is 6.10 Å². The fraction of sp³-hybridized carbons (Fsp3) is 0.353.